The molecule has 0 amide bonds. The van der Waals surface area contributed by atoms with Crippen molar-refractivity contribution in [1.29, 1.82) is 0 Å². The van der Waals surface area contributed by atoms with Crippen LogP contribution >= 0.6 is 37.0 Å². The molecule has 120 valence electrons. The molecule has 0 saturated carbocycles. The van der Waals surface area contributed by atoms with Crippen molar-refractivity contribution in [3.05, 3.63) is 0 Å². The zero-order valence-electron chi connectivity index (χ0n) is 13.1. The third kappa shape index (κ3) is 10.7. The predicted molar refractivity (Wildman–Crippen MR) is 96.6 cm³/mol. The Hall–Kier alpha value is 0.995. The summed E-state index contributed by atoms with van der Waals surface area (Å²) in [6.07, 6.45) is 4.92. The molecule has 3 unspecified atom stereocenters. The Kier molecular flexibility index (Phi) is 14.3. The molecular weight excluding hydrogens is 311 g/mol. The second-order valence-corrected chi connectivity index (χ2v) is 6.90. The van der Waals surface area contributed by atoms with Gasteiger partial charge in [0.05, 0.1) is 16.3 Å². The molecule has 0 radical (unpaired) electrons. The molecule has 0 N–H and O–H groups in total. The van der Waals surface area contributed by atoms with E-state index in [0.717, 1.165) is 25.0 Å². The van der Waals surface area contributed by atoms with Gasteiger partial charge in [0, 0.05) is 0 Å². The number of hydrogen-bond donors (Lipinski definition) is 2. The summed E-state index contributed by atoms with van der Waals surface area (Å²) in [5, 5.41) is 0. The van der Waals surface area contributed by atoms with E-state index in [4.69, 9.17) is 14.0 Å². The summed E-state index contributed by atoms with van der Waals surface area (Å²) in [7, 11) is -0.695. The van der Waals surface area contributed by atoms with Crippen LogP contribution in [-0.2, 0) is 14.0 Å². The number of thioether (sulfide) groups is 1. The largest absolute Gasteiger partial charge is 0.641 e. The maximum atomic E-state index is 5.91. The molecule has 0 saturated heterocycles. The van der Waals surface area contributed by atoms with Crippen molar-refractivity contribution in [2.24, 2.45) is 0 Å². The lowest BCUT2D eigenvalue weighted by Gasteiger charge is -2.24. The highest BCUT2D eigenvalue weighted by molar-refractivity contribution is 7.99. The zero-order chi connectivity index (χ0) is 15.4. The monoisotopic (exact) mass is 340 g/mol. The van der Waals surface area contributed by atoms with Gasteiger partial charge in [-0.15, -0.1) is 37.0 Å². The smallest absolute Gasteiger partial charge is 0.374 e. The first kappa shape index (κ1) is 21.0. The van der Waals surface area contributed by atoms with E-state index in [2.05, 4.69) is 39.1 Å². The van der Waals surface area contributed by atoms with Gasteiger partial charge in [-0.3, -0.25) is 0 Å². The van der Waals surface area contributed by atoms with Gasteiger partial charge in [-0.2, -0.15) is 0 Å². The van der Waals surface area contributed by atoms with Crippen LogP contribution in [0.3, 0.4) is 0 Å². The third-order valence-electron chi connectivity index (χ3n) is 2.63. The normalized spacial score (nSPS) is 15.9. The van der Waals surface area contributed by atoms with Gasteiger partial charge >= 0.3 is 7.32 Å². The molecule has 0 fully saturated rings. The van der Waals surface area contributed by atoms with Gasteiger partial charge in [0.1, 0.15) is 0 Å². The van der Waals surface area contributed by atoms with Crippen molar-refractivity contribution >= 4 is 44.3 Å². The Morgan fingerprint density at radius 1 is 0.900 bits per heavy atom. The molecule has 0 aromatic heterocycles. The van der Waals surface area contributed by atoms with Crippen molar-refractivity contribution in [2.45, 2.75) is 76.1 Å². The first-order valence-electron chi connectivity index (χ1n) is 7.51. The van der Waals surface area contributed by atoms with Crippen LogP contribution in [0.25, 0.3) is 0 Å². The lowest BCUT2D eigenvalue weighted by Crippen LogP contribution is -2.35. The topological polar surface area (TPSA) is 27.7 Å². The molecule has 3 atom stereocenters. The van der Waals surface area contributed by atoms with Crippen LogP contribution in [-0.4, -0.2) is 29.4 Å². The van der Waals surface area contributed by atoms with Gasteiger partial charge < -0.3 is 14.0 Å². The van der Waals surface area contributed by atoms with E-state index in [0.29, 0.717) is 0 Å². The number of thiol groups is 2. The zero-order valence-corrected chi connectivity index (χ0v) is 15.7. The molecule has 0 rings (SSSR count). The highest BCUT2D eigenvalue weighted by Gasteiger charge is 2.29. The van der Waals surface area contributed by atoms with E-state index < -0.39 is 7.32 Å². The molecule has 0 bridgehead atoms. The Balaban J connectivity index is 4.33. The maximum Gasteiger partial charge on any atom is 0.641 e. The van der Waals surface area contributed by atoms with Crippen LogP contribution in [0.4, 0.5) is 0 Å². The lowest BCUT2D eigenvalue weighted by atomic mass is 10.2. The van der Waals surface area contributed by atoms with Crippen molar-refractivity contribution in [1.82, 2.24) is 0 Å². The van der Waals surface area contributed by atoms with Crippen molar-refractivity contribution in [3.63, 3.8) is 0 Å². The molecule has 0 spiro atoms. The molecule has 0 aromatic rings. The van der Waals surface area contributed by atoms with Gasteiger partial charge in [-0.05, 0) is 31.4 Å². The van der Waals surface area contributed by atoms with Crippen molar-refractivity contribution in [2.75, 3.05) is 5.75 Å². The molecule has 0 aliphatic carbocycles. The quantitative estimate of drug-likeness (QED) is 0.221. The van der Waals surface area contributed by atoms with E-state index in [1.54, 1.807) is 0 Å². The van der Waals surface area contributed by atoms with Gasteiger partial charge in [0.25, 0.3) is 0 Å². The SMILES string of the molecule is CCCCSC(CC)OB(OC(S)CC)OC(S)CC. The second kappa shape index (κ2) is 13.6. The molecule has 0 aromatic carbocycles. The summed E-state index contributed by atoms with van der Waals surface area (Å²) in [6, 6.07) is 0. The number of hydrogen-bond acceptors (Lipinski definition) is 6. The average Bonchev–Trinajstić information content (AvgIpc) is 2.45. The fraction of sp³-hybridized carbons (Fsp3) is 1.00. The Morgan fingerprint density at radius 2 is 1.45 bits per heavy atom. The van der Waals surface area contributed by atoms with Crippen LogP contribution in [0.1, 0.15) is 59.8 Å². The average molecular weight is 340 g/mol. The standard InChI is InChI=1S/C13H29BO3S3/c1-5-9-10-20-13(8-4)17-14(15-11(18)6-2)16-12(19)7-3/h11-13,18-19H,5-10H2,1-4H3. The summed E-state index contributed by atoms with van der Waals surface area (Å²) < 4.78 is 17.2. The molecule has 0 heterocycles. The van der Waals surface area contributed by atoms with E-state index in [-0.39, 0.29) is 16.3 Å². The molecule has 0 aliphatic rings. The van der Waals surface area contributed by atoms with Crippen LogP contribution < -0.4 is 0 Å². The number of rotatable bonds is 13. The highest BCUT2D eigenvalue weighted by atomic mass is 32.2. The van der Waals surface area contributed by atoms with Crippen molar-refractivity contribution in [3.8, 4) is 0 Å². The summed E-state index contributed by atoms with van der Waals surface area (Å²) in [5.41, 5.74) is -0.285. The molecule has 3 nitrogen and oxygen atoms in total. The minimum atomic E-state index is -0.695. The van der Waals surface area contributed by atoms with Crippen molar-refractivity contribution < 1.29 is 14.0 Å². The highest BCUT2D eigenvalue weighted by Crippen LogP contribution is 2.21. The van der Waals surface area contributed by atoms with Crippen LogP contribution in [0.15, 0.2) is 0 Å². The first-order chi connectivity index (χ1) is 9.57. The first-order valence-corrected chi connectivity index (χ1v) is 9.59. The molecule has 0 aliphatic heterocycles. The molecule has 7 heteroatoms. The Bertz CT molecular complexity index is 213. The van der Waals surface area contributed by atoms with E-state index >= 15 is 0 Å². The summed E-state index contributed by atoms with van der Waals surface area (Å²) in [5.74, 6) is 1.10. The maximum absolute atomic E-state index is 5.91. The Labute approximate surface area is 140 Å². The minimum absolute atomic E-state index is 0.0846. The van der Waals surface area contributed by atoms with Gasteiger partial charge in [0.2, 0.25) is 0 Å². The van der Waals surface area contributed by atoms with E-state index in [1.165, 1.54) is 12.8 Å². The van der Waals surface area contributed by atoms with Gasteiger partial charge in [-0.1, -0.05) is 34.1 Å². The van der Waals surface area contributed by atoms with Crippen LogP contribution in [0.5, 0.6) is 0 Å². The third-order valence-corrected chi connectivity index (χ3v) is 4.95. The van der Waals surface area contributed by atoms with Gasteiger partial charge in [0.15, 0.2) is 0 Å². The number of unbranched alkanes of at least 4 members (excludes halogenated alkanes) is 1. The van der Waals surface area contributed by atoms with Crippen LogP contribution in [0.2, 0.25) is 0 Å². The fourth-order valence-corrected chi connectivity index (χ4v) is 2.60. The second-order valence-electron chi connectivity index (χ2n) is 4.48. The minimum Gasteiger partial charge on any atom is -0.374 e. The van der Waals surface area contributed by atoms with Gasteiger partial charge in [-0.25, -0.2) is 0 Å². The Morgan fingerprint density at radius 3 is 1.85 bits per heavy atom. The lowest BCUT2D eigenvalue weighted by molar-refractivity contribution is 0.0676. The fourth-order valence-electron chi connectivity index (χ4n) is 1.28. The summed E-state index contributed by atoms with van der Waals surface area (Å²) in [4.78, 5) is 0. The summed E-state index contributed by atoms with van der Waals surface area (Å²) >= 11 is 10.5. The van der Waals surface area contributed by atoms with E-state index in [9.17, 15) is 0 Å². The predicted octanol–water partition coefficient (Wildman–Crippen LogP) is 4.62. The molecule has 20 heavy (non-hydrogen) atoms. The molecular formula is C13H29BO3S3. The summed E-state index contributed by atoms with van der Waals surface area (Å²) in [6.45, 7) is 8.33. The van der Waals surface area contributed by atoms with Crippen LogP contribution in [0, 0.1) is 0 Å². The van der Waals surface area contributed by atoms with E-state index in [1.807, 2.05) is 25.6 Å².